The Kier molecular flexibility index (Phi) is 5.21. The summed E-state index contributed by atoms with van der Waals surface area (Å²) in [6.45, 7) is 0. The van der Waals surface area contributed by atoms with Crippen LogP contribution in [-0.4, -0.2) is 39.7 Å². The topological polar surface area (TPSA) is 94.0 Å². The van der Waals surface area contributed by atoms with Gasteiger partial charge >= 0.3 is 0 Å². The van der Waals surface area contributed by atoms with Crippen molar-refractivity contribution in [2.75, 3.05) is 0 Å². The first-order valence-electron chi connectivity index (χ1n) is 10.7. The summed E-state index contributed by atoms with van der Waals surface area (Å²) in [7, 11) is 1.85. The van der Waals surface area contributed by atoms with Crippen LogP contribution in [0.25, 0.3) is 39.1 Å². The van der Waals surface area contributed by atoms with Crippen molar-refractivity contribution in [1.29, 1.82) is 0 Å². The molecule has 0 saturated carbocycles. The number of aliphatic hydroxyl groups excluding tert-OH is 1. The largest absolute Gasteiger partial charge is 0.382 e. The molecular formula is C25H17Cl2N7O. The van der Waals surface area contributed by atoms with E-state index in [9.17, 15) is 5.11 Å². The molecule has 3 aromatic carbocycles. The maximum Gasteiger partial charge on any atom is 0.274 e. The highest BCUT2D eigenvalue weighted by Crippen LogP contribution is 2.41. The molecule has 0 fully saturated rings. The number of imidazole rings is 1. The van der Waals surface area contributed by atoms with Crippen molar-refractivity contribution >= 4 is 39.9 Å². The van der Waals surface area contributed by atoms with Gasteiger partial charge in [0, 0.05) is 28.0 Å². The van der Waals surface area contributed by atoms with Gasteiger partial charge in [-0.25, -0.2) is 9.97 Å². The molecule has 35 heavy (non-hydrogen) atoms. The number of aryl methyl sites for hydroxylation is 1. The summed E-state index contributed by atoms with van der Waals surface area (Å²) >= 11 is 12.6. The van der Waals surface area contributed by atoms with E-state index in [1.165, 1.54) is 0 Å². The van der Waals surface area contributed by atoms with Crippen LogP contribution in [0.3, 0.4) is 0 Å². The van der Waals surface area contributed by atoms with Gasteiger partial charge in [0.1, 0.15) is 6.10 Å². The van der Waals surface area contributed by atoms with Gasteiger partial charge in [-0.1, -0.05) is 58.6 Å². The van der Waals surface area contributed by atoms with Crippen molar-refractivity contribution < 1.29 is 5.11 Å². The van der Waals surface area contributed by atoms with Gasteiger partial charge < -0.3 is 9.67 Å². The number of benzene rings is 3. The molecule has 0 aliphatic rings. The molecule has 8 nitrogen and oxygen atoms in total. The zero-order chi connectivity index (χ0) is 24.1. The molecule has 0 bridgehead atoms. The fourth-order valence-corrected chi connectivity index (χ4v) is 4.69. The molecular weight excluding hydrogens is 485 g/mol. The van der Waals surface area contributed by atoms with Gasteiger partial charge in [0.2, 0.25) is 0 Å². The van der Waals surface area contributed by atoms with Gasteiger partial charge in [-0.3, -0.25) is 0 Å². The highest BCUT2D eigenvalue weighted by Gasteiger charge is 2.24. The average Bonchev–Trinajstić information content (AvgIpc) is 3.52. The van der Waals surface area contributed by atoms with Gasteiger partial charge in [0.15, 0.2) is 0 Å². The second-order valence-electron chi connectivity index (χ2n) is 8.12. The van der Waals surface area contributed by atoms with E-state index in [0.717, 1.165) is 27.6 Å². The van der Waals surface area contributed by atoms with Crippen molar-refractivity contribution in [3.05, 3.63) is 94.5 Å². The van der Waals surface area contributed by atoms with E-state index in [1.807, 2.05) is 67.7 Å². The summed E-state index contributed by atoms with van der Waals surface area (Å²) in [6, 6.07) is 18.7. The molecule has 6 aromatic rings. The van der Waals surface area contributed by atoms with Gasteiger partial charge in [-0.05, 0) is 57.4 Å². The Balaban J connectivity index is 1.78. The summed E-state index contributed by atoms with van der Waals surface area (Å²) < 4.78 is 3.38. The van der Waals surface area contributed by atoms with Crippen molar-refractivity contribution in [1.82, 2.24) is 34.6 Å². The van der Waals surface area contributed by atoms with E-state index in [0.29, 0.717) is 32.8 Å². The predicted molar refractivity (Wildman–Crippen MR) is 134 cm³/mol. The van der Waals surface area contributed by atoms with E-state index < -0.39 is 6.10 Å². The van der Waals surface area contributed by atoms with Crippen LogP contribution in [0.1, 0.15) is 17.4 Å². The summed E-state index contributed by atoms with van der Waals surface area (Å²) in [5, 5.41) is 25.5. The molecule has 1 N–H and O–H groups in total. The zero-order valence-corrected chi connectivity index (χ0v) is 19.9. The molecule has 0 radical (unpaired) electrons. The van der Waals surface area contributed by atoms with E-state index in [2.05, 4.69) is 20.5 Å². The van der Waals surface area contributed by atoms with Crippen LogP contribution < -0.4 is 0 Å². The molecule has 0 spiro atoms. The Morgan fingerprint density at radius 1 is 0.943 bits per heavy atom. The molecule has 3 aromatic heterocycles. The van der Waals surface area contributed by atoms with E-state index in [1.54, 1.807) is 21.6 Å². The second-order valence-corrected chi connectivity index (χ2v) is 9.00. The maximum atomic E-state index is 11.5. The lowest BCUT2D eigenvalue weighted by molar-refractivity contribution is 0.212. The van der Waals surface area contributed by atoms with Crippen molar-refractivity contribution in [3.8, 4) is 22.4 Å². The molecule has 3 heterocycles. The number of tetrazole rings is 1. The Labute approximate surface area is 209 Å². The summed E-state index contributed by atoms with van der Waals surface area (Å²) in [6.07, 6.45) is 2.36. The van der Waals surface area contributed by atoms with E-state index in [4.69, 9.17) is 28.2 Å². The molecule has 0 aliphatic carbocycles. The molecule has 10 heteroatoms. The number of halogens is 2. The van der Waals surface area contributed by atoms with Crippen molar-refractivity contribution in [2.45, 2.75) is 6.10 Å². The summed E-state index contributed by atoms with van der Waals surface area (Å²) in [5.41, 5.74) is 5.16. The Hall–Kier alpha value is -3.85. The number of nitrogens with zero attached hydrogens (tertiary/aromatic N) is 7. The first kappa shape index (κ1) is 21.7. The van der Waals surface area contributed by atoms with Gasteiger partial charge in [0.25, 0.3) is 5.78 Å². The average molecular weight is 502 g/mol. The fourth-order valence-electron chi connectivity index (χ4n) is 4.38. The quantitative estimate of drug-likeness (QED) is 0.359. The number of hydrogen-bond acceptors (Lipinski definition) is 6. The van der Waals surface area contributed by atoms with Crippen LogP contribution in [0, 0.1) is 0 Å². The van der Waals surface area contributed by atoms with Crippen LogP contribution in [0.15, 0.2) is 73.2 Å². The number of aromatic nitrogens is 7. The molecule has 1 unspecified atom stereocenters. The monoisotopic (exact) mass is 501 g/mol. The second kappa shape index (κ2) is 8.42. The molecule has 0 saturated heterocycles. The summed E-state index contributed by atoms with van der Waals surface area (Å²) in [5.74, 6) is 0.356. The number of hydrogen-bond donors (Lipinski definition) is 1. The zero-order valence-electron chi connectivity index (χ0n) is 18.3. The minimum atomic E-state index is -0.950. The molecule has 6 rings (SSSR count). The third kappa shape index (κ3) is 3.63. The van der Waals surface area contributed by atoms with Gasteiger partial charge in [0.05, 0.1) is 29.4 Å². The Morgan fingerprint density at radius 3 is 2.51 bits per heavy atom. The maximum absolute atomic E-state index is 11.5. The lowest BCUT2D eigenvalue weighted by Gasteiger charge is -2.20. The van der Waals surface area contributed by atoms with Crippen LogP contribution in [0.4, 0.5) is 0 Å². The molecule has 172 valence electrons. The van der Waals surface area contributed by atoms with Crippen molar-refractivity contribution in [3.63, 3.8) is 0 Å². The Bertz CT molecular complexity index is 1710. The number of aliphatic hydroxyl groups is 1. The SMILES string of the molecule is Cn1cncc1C(O)c1ccc2c(c(-c3cccc(Cl)c3)nc3nnnn32)c1-c1ccc(Cl)cc1. The number of fused-ring (bicyclic) bond motifs is 3. The number of rotatable bonds is 4. The van der Waals surface area contributed by atoms with Gasteiger partial charge in [-0.15, -0.1) is 0 Å². The minimum absolute atomic E-state index is 0.356. The van der Waals surface area contributed by atoms with E-state index >= 15 is 0 Å². The highest BCUT2D eigenvalue weighted by atomic mass is 35.5. The van der Waals surface area contributed by atoms with Crippen molar-refractivity contribution in [2.24, 2.45) is 7.05 Å². The van der Waals surface area contributed by atoms with Crippen LogP contribution in [0.2, 0.25) is 10.0 Å². The normalized spacial score (nSPS) is 12.5. The molecule has 1 atom stereocenters. The third-order valence-corrected chi connectivity index (χ3v) is 6.49. The Morgan fingerprint density at radius 2 is 1.77 bits per heavy atom. The smallest absolute Gasteiger partial charge is 0.274 e. The predicted octanol–water partition coefficient (Wildman–Crippen LogP) is 5.13. The lowest BCUT2D eigenvalue weighted by atomic mass is 9.89. The molecule has 0 amide bonds. The fraction of sp³-hybridized carbons (Fsp3) is 0.0800. The van der Waals surface area contributed by atoms with E-state index in [-0.39, 0.29) is 0 Å². The third-order valence-electron chi connectivity index (χ3n) is 6.01. The van der Waals surface area contributed by atoms with Crippen LogP contribution in [-0.2, 0) is 7.05 Å². The summed E-state index contributed by atoms with van der Waals surface area (Å²) in [4.78, 5) is 8.98. The standard InChI is InChI=1S/C25H17Cl2N7O/c1-33-13-28-12-20(33)24(35)18-9-10-19-22(21(18)14-5-7-16(26)8-6-14)23(15-3-2-4-17(27)11-15)29-25-30-31-32-34(19)25/h2-13,24,35H,1H3. The lowest BCUT2D eigenvalue weighted by Crippen LogP contribution is -2.08. The van der Waals surface area contributed by atoms with Gasteiger partial charge in [-0.2, -0.15) is 4.52 Å². The van der Waals surface area contributed by atoms with Crippen LogP contribution in [0.5, 0.6) is 0 Å². The highest BCUT2D eigenvalue weighted by molar-refractivity contribution is 6.31. The first-order valence-corrected chi connectivity index (χ1v) is 11.5. The first-order chi connectivity index (χ1) is 17.0. The molecule has 0 aliphatic heterocycles. The van der Waals surface area contributed by atoms with Crippen LogP contribution >= 0.6 is 23.2 Å². The minimum Gasteiger partial charge on any atom is -0.382 e.